The summed E-state index contributed by atoms with van der Waals surface area (Å²) in [7, 11) is 0. The molecule has 1 N–H and O–H groups in total. The van der Waals surface area contributed by atoms with Gasteiger partial charge in [-0.3, -0.25) is 10.1 Å². The van der Waals surface area contributed by atoms with E-state index in [4.69, 9.17) is 5.11 Å². The van der Waals surface area contributed by atoms with E-state index in [1.807, 2.05) is 0 Å². The van der Waals surface area contributed by atoms with E-state index in [0.29, 0.717) is 5.52 Å². The minimum absolute atomic E-state index is 0.00676. The lowest BCUT2D eigenvalue weighted by atomic mass is 10.2. The number of aliphatic hydroxyl groups is 1. The molecule has 0 radical (unpaired) electrons. The number of hydrogen-bond acceptors (Lipinski definition) is 4. The van der Waals surface area contributed by atoms with Crippen LogP contribution in [0.1, 0.15) is 0 Å². The number of hydrogen-bond donors (Lipinski definition) is 1. The average molecular weight is 193 g/mol. The molecule has 2 rings (SSSR count). The van der Waals surface area contributed by atoms with E-state index in [9.17, 15) is 10.1 Å². The zero-order chi connectivity index (χ0) is 10.1. The average Bonchev–Trinajstić information content (AvgIpc) is 2.59. The second-order valence-electron chi connectivity index (χ2n) is 2.79. The van der Waals surface area contributed by atoms with E-state index >= 15 is 0 Å². The van der Waals surface area contributed by atoms with Crippen LogP contribution in [0.4, 0.5) is 5.69 Å². The van der Waals surface area contributed by atoms with Crippen molar-refractivity contribution in [2.24, 2.45) is 0 Å². The van der Waals surface area contributed by atoms with Crippen molar-refractivity contribution in [3.63, 3.8) is 0 Å². The highest BCUT2D eigenvalue weighted by molar-refractivity contribution is 5.80. The number of benzene rings is 1. The molecule has 72 valence electrons. The van der Waals surface area contributed by atoms with E-state index in [1.54, 1.807) is 12.3 Å². The van der Waals surface area contributed by atoms with Gasteiger partial charge in [-0.15, -0.1) is 0 Å². The molecule has 0 aliphatic rings. The Morgan fingerprint density at radius 1 is 1.57 bits per heavy atom. The maximum atomic E-state index is 10.5. The lowest BCUT2D eigenvalue weighted by Gasteiger charge is -1.96. The number of aromatic nitrogens is 2. The fourth-order valence-corrected chi connectivity index (χ4v) is 1.29. The van der Waals surface area contributed by atoms with Crippen LogP contribution in [0.3, 0.4) is 0 Å². The minimum Gasteiger partial charge on any atom is -0.374 e. The minimum atomic E-state index is -0.478. The van der Waals surface area contributed by atoms with E-state index in [-0.39, 0.29) is 12.4 Å². The molecule has 0 bridgehead atoms. The molecule has 14 heavy (non-hydrogen) atoms. The van der Waals surface area contributed by atoms with Gasteiger partial charge < -0.3 is 5.11 Å². The molecule has 0 aliphatic carbocycles. The van der Waals surface area contributed by atoms with Crippen molar-refractivity contribution in [2.75, 3.05) is 0 Å². The molecule has 1 heterocycles. The van der Waals surface area contributed by atoms with Gasteiger partial charge in [0.15, 0.2) is 0 Å². The Kier molecular flexibility index (Phi) is 1.90. The van der Waals surface area contributed by atoms with Crippen LogP contribution in [0.25, 0.3) is 10.9 Å². The first-order valence-corrected chi connectivity index (χ1v) is 3.93. The topological polar surface area (TPSA) is 81.2 Å². The summed E-state index contributed by atoms with van der Waals surface area (Å²) >= 11 is 0. The standard InChI is InChI=1S/C8H7N3O3/c12-5-10-8-3-7(11(13)14)2-1-6(8)4-9-10/h1-4,12H,5H2. The molecular formula is C8H7N3O3. The van der Waals surface area contributed by atoms with E-state index in [0.717, 1.165) is 5.39 Å². The molecule has 1 aromatic heterocycles. The second-order valence-corrected chi connectivity index (χ2v) is 2.79. The molecule has 2 aromatic rings. The maximum absolute atomic E-state index is 10.5. The van der Waals surface area contributed by atoms with Gasteiger partial charge in [0.25, 0.3) is 5.69 Å². The lowest BCUT2D eigenvalue weighted by Crippen LogP contribution is -1.98. The van der Waals surface area contributed by atoms with Crippen LogP contribution in [0.15, 0.2) is 24.4 Å². The third-order valence-corrected chi connectivity index (χ3v) is 1.97. The molecule has 6 heteroatoms. The first kappa shape index (κ1) is 8.64. The predicted molar refractivity (Wildman–Crippen MR) is 48.6 cm³/mol. The predicted octanol–water partition coefficient (Wildman–Crippen LogP) is 0.894. The van der Waals surface area contributed by atoms with Crippen molar-refractivity contribution < 1.29 is 10.0 Å². The smallest absolute Gasteiger partial charge is 0.271 e. The van der Waals surface area contributed by atoms with Gasteiger partial charge in [-0.25, -0.2) is 4.68 Å². The monoisotopic (exact) mass is 193 g/mol. The summed E-state index contributed by atoms with van der Waals surface area (Å²) < 4.78 is 1.29. The van der Waals surface area contributed by atoms with E-state index < -0.39 is 4.92 Å². The molecule has 0 amide bonds. The van der Waals surface area contributed by atoms with Crippen molar-refractivity contribution in [3.05, 3.63) is 34.5 Å². The Morgan fingerprint density at radius 2 is 2.36 bits per heavy atom. The highest BCUT2D eigenvalue weighted by Gasteiger charge is 2.09. The molecule has 1 aromatic carbocycles. The fourth-order valence-electron chi connectivity index (χ4n) is 1.29. The Labute approximate surface area is 78.5 Å². The largest absolute Gasteiger partial charge is 0.374 e. The number of nitro benzene ring substituents is 1. The van der Waals surface area contributed by atoms with Gasteiger partial charge in [0.2, 0.25) is 0 Å². The van der Waals surface area contributed by atoms with Gasteiger partial charge >= 0.3 is 0 Å². The fraction of sp³-hybridized carbons (Fsp3) is 0.125. The summed E-state index contributed by atoms with van der Waals surface area (Å²) in [5.41, 5.74) is 0.550. The van der Waals surface area contributed by atoms with Gasteiger partial charge in [-0.05, 0) is 6.07 Å². The first-order valence-electron chi connectivity index (χ1n) is 3.93. The quantitative estimate of drug-likeness (QED) is 0.567. The van der Waals surface area contributed by atoms with Crippen molar-refractivity contribution in [2.45, 2.75) is 6.73 Å². The third kappa shape index (κ3) is 1.21. The summed E-state index contributed by atoms with van der Waals surface area (Å²) in [4.78, 5) is 10.0. The van der Waals surface area contributed by atoms with E-state index in [2.05, 4.69) is 5.10 Å². The molecule has 6 nitrogen and oxygen atoms in total. The number of fused-ring (bicyclic) bond motifs is 1. The SMILES string of the molecule is O=[N+]([O-])c1ccc2cnn(CO)c2c1. The first-order chi connectivity index (χ1) is 6.72. The zero-order valence-electron chi connectivity index (χ0n) is 7.12. The lowest BCUT2D eigenvalue weighted by molar-refractivity contribution is -0.384. The van der Waals surface area contributed by atoms with Gasteiger partial charge in [-0.2, -0.15) is 5.10 Å². The number of rotatable bonds is 2. The van der Waals surface area contributed by atoms with Gasteiger partial charge in [0, 0.05) is 17.5 Å². The number of nitro groups is 1. The van der Waals surface area contributed by atoms with E-state index in [1.165, 1.54) is 16.8 Å². The molecule has 0 unspecified atom stereocenters. The molecule has 0 saturated carbocycles. The molecule has 0 atom stereocenters. The normalized spacial score (nSPS) is 10.6. The van der Waals surface area contributed by atoms with Crippen LogP contribution >= 0.6 is 0 Å². The van der Waals surface area contributed by atoms with Crippen LogP contribution < -0.4 is 0 Å². The highest BCUT2D eigenvalue weighted by atomic mass is 16.6. The second kappa shape index (κ2) is 3.08. The highest BCUT2D eigenvalue weighted by Crippen LogP contribution is 2.19. The van der Waals surface area contributed by atoms with Crippen molar-refractivity contribution >= 4 is 16.6 Å². The van der Waals surface area contributed by atoms with Crippen LogP contribution in [0.2, 0.25) is 0 Å². The summed E-state index contributed by atoms with van der Waals surface area (Å²) in [6.45, 7) is -0.287. The Balaban J connectivity index is 2.67. The Hall–Kier alpha value is -1.95. The van der Waals surface area contributed by atoms with Crippen LogP contribution in [0, 0.1) is 10.1 Å². The maximum Gasteiger partial charge on any atom is 0.271 e. The summed E-state index contributed by atoms with van der Waals surface area (Å²) in [5, 5.41) is 24.0. The number of nitrogens with zero attached hydrogens (tertiary/aromatic N) is 3. The van der Waals surface area contributed by atoms with Gasteiger partial charge in [0.1, 0.15) is 6.73 Å². The Morgan fingerprint density at radius 3 is 3.00 bits per heavy atom. The summed E-state index contributed by atoms with van der Waals surface area (Å²) in [6, 6.07) is 4.40. The molecule has 0 saturated heterocycles. The molecule has 0 fully saturated rings. The van der Waals surface area contributed by atoms with Crippen molar-refractivity contribution in [1.29, 1.82) is 0 Å². The molecular weight excluding hydrogens is 186 g/mol. The van der Waals surface area contributed by atoms with Crippen molar-refractivity contribution in [1.82, 2.24) is 9.78 Å². The van der Waals surface area contributed by atoms with Crippen LogP contribution in [-0.2, 0) is 6.73 Å². The molecule has 0 aliphatic heterocycles. The zero-order valence-corrected chi connectivity index (χ0v) is 7.12. The van der Waals surface area contributed by atoms with Crippen LogP contribution in [0.5, 0.6) is 0 Å². The van der Waals surface area contributed by atoms with Gasteiger partial charge in [0.05, 0.1) is 16.6 Å². The third-order valence-electron chi connectivity index (χ3n) is 1.97. The number of aliphatic hydroxyl groups excluding tert-OH is 1. The van der Waals surface area contributed by atoms with Crippen molar-refractivity contribution in [3.8, 4) is 0 Å². The summed E-state index contributed by atoms with van der Waals surface area (Å²) in [6.07, 6.45) is 1.55. The van der Waals surface area contributed by atoms with Gasteiger partial charge in [-0.1, -0.05) is 0 Å². The number of non-ortho nitro benzene ring substituents is 1. The summed E-state index contributed by atoms with van der Waals surface area (Å²) in [5.74, 6) is 0. The Bertz CT molecular complexity index is 492. The molecule has 0 spiro atoms. The van der Waals surface area contributed by atoms with Crippen LogP contribution in [-0.4, -0.2) is 19.8 Å².